The molecule has 0 saturated carbocycles. The van der Waals surface area contributed by atoms with Crippen LogP contribution in [0.2, 0.25) is 0 Å². The van der Waals surface area contributed by atoms with Crippen molar-refractivity contribution >= 4 is 10.9 Å². The second-order valence-corrected chi connectivity index (χ2v) is 5.21. The molecule has 2 aromatic carbocycles. The van der Waals surface area contributed by atoms with E-state index in [1.165, 1.54) is 5.39 Å². The van der Waals surface area contributed by atoms with Crippen LogP contribution in [-0.4, -0.2) is 14.7 Å². The Kier molecular flexibility index (Phi) is 2.90. The van der Waals surface area contributed by atoms with E-state index in [1.54, 1.807) is 24.5 Å². The molecule has 3 heteroatoms. The highest BCUT2D eigenvalue weighted by Gasteiger charge is 2.05. The summed E-state index contributed by atoms with van der Waals surface area (Å²) in [6, 6.07) is 19.8. The standard InChI is InChI=1S/C19H14N2O/c22-18-5-3-14(4-6-18)16-2-1-15-9-12-21(19(15)13-16)17-7-10-20-11-8-17/h1-13,22H. The van der Waals surface area contributed by atoms with E-state index < -0.39 is 0 Å². The molecule has 2 heterocycles. The number of pyridine rings is 1. The van der Waals surface area contributed by atoms with Crippen LogP contribution in [-0.2, 0) is 0 Å². The van der Waals surface area contributed by atoms with Gasteiger partial charge in [0.05, 0.1) is 5.52 Å². The maximum absolute atomic E-state index is 9.43. The number of fused-ring (bicyclic) bond motifs is 1. The average molecular weight is 286 g/mol. The molecule has 22 heavy (non-hydrogen) atoms. The third kappa shape index (κ3) is 2.13. The summed E-state index contributed by atoms with van der Waals surface area (Å²) in [6.45, 7) is 0. The van der Waals surface area contributed by atoms with Crippen molar-refractivity contribution in [2.24, 2.45) is 0 Å². The van der Waals surface area contributed by atoms with Gasteiger partial charge >= 0.3 is 0 Å². The van der Waals surface area contributed by atoms with Crippen molar-refractivity contribution < 1.29 is 5.11 Å². The van der Waals surface area contributed by atoms with Gasteiger partial charge in [-0.05, 0) is 52.9 Å². The first kappa shape index (κ1) is 12.7. The number of benzene rings is 2. The van der Waals surface area contributed by atoms with E-state index in [9.17, 15) is 5.11 Å². The molecule has 0 radical (unpaired) electrons. The largest absolute Gasteiger partial charge is 0.508 e. The minimum atomic E-state index is 0.282. The lowest BCUT2D eigenvalue weighted by Gasteiger charge is -2.07. The Morgan fingerprint density at radius 3 is 2.27 bits per heavy atom. The Morgan fingerprint density at radius 2 is 1.50 bits per heavy atom. The molecule has 0 aliphatic carbocycles. The van der Waals surface area contributed by atoms with Gasteiger partial charge in [0.1, 0.15) is 5.75 Å². The third-order valence-electron chi connectivity index (χ3n) is 3.83. The van der Waals surface area contributed by atoms with Crippen molar-refractivity contribution in [1.29, 1.82) is 0 Å². The topological polar surface area (TPSA) is 38.0 Å². The van der Waals surface area contributed by atoms with Crippen LogP contribution in [0.4, 0.5) is 0 Å². The van der Waals surface area contributed by atoms with E-state index in [4.69, 9.17) is 0 Å². The van der Waals surface area contributed by atoms with Crippen molar-refractivity contribution in [1.82, 2.24) is 9.55 Å². The Balaban J connectivity index is 1.88. The molecular weight excluding hydrogens is 272 g/mol. The predicted octanol–water partition coefficient (Wildman–Crippen LogP) is 4.40. The first-order valence-corrected chi connectivity index (χ1v) is 7.12. The van der Waals surface area contributed by atoms with Crippen LogP contribution < -0.4 is 0 Å². The van der Waals surface area contributed by atoms with Crippen molar-refractivity contribution in [3.05, 3.63) is 79.3 Å². The molecule has 0 aliphatic rings. The Hall–Kier alpha value is -3.07. The molecule has 2 aromatic heterocycles. The summed E-state index contributed by atoms with van der Waals surface area (Å²) in [5.74, 6) is 0.282. The molecule has 0 saturated heterocycles. The van der Waals surface area contributed by atoms with E-state index in [1.807, 2.05) is 24.3 Å². The first-order chi connectivity index (χ1) is 10.8. The molecule has 0 spiro atoms. The quantitative estimate of drug-likeness (QED) is 0.593. The number of rotatable bonds is 2. The molecule has 4 aromatic rings. The maximum Gasteiger partial charge on any atom is 0.115 e. The summed E-state index contributed by atoms with van der Waals surface area (Å²) in [6.07, 6.45) is 5.66. The number of phenols is 1. The van der Waals surface area contributed by atoms with Gasteiger partial charge in [0.2, 0.25) is 0 Å². The second kappa shape index (κ2) is 5.04. The summed E-state index contributed by atoms with van der Waals surface area (Å²) in [5, 5.41) is 10.6. The fourth-order valence-electron chi connectivity index (χ4n) is 2.69. The van der Waals surface area contributed by atoms with E-state index in [0.29, 0.717) is 0 Å². The Morgan fingerprint density at radius 1 is 0.773 bits per heavy atom. The molecule has 106 valence electrons. The number of phenolic OH excluding ortho intramolecular Hbond substituents is 1. The highest BCUT2D eigenvalue weighted by molar-refractivity contribution is 5.86. The van der Waals surface area contributed by atoms with Crippen LogP contribution >= 0.6 is 0 Å². The van der Waals surface area contributed by atoms with Crippen molar-refractivity contribution in [3.8, 4) is 22.6 Å². The van der Waals surface area contributed by atoms with E-state index in [0.717, 1.165) is 22.3 Å². The van der Waals surface area contributed by atoms with Crippen molar-refractivity contribution in [3.63, 3.8) is 0 Å². The number of aromatic nitrogens is 2. The van der Waals surface area contributed by atoms with Gasteiger partial charge in [0, 0.05) is 24.3 Å². The molecule has 3 nitrogen and oxygen atoms in total. The van der Waals surface area contributed by atoms with Crippen molar-refractivity contribution in [2.45, 2.75) is 0 Å². The molecule has 0 aliphatic heterocycles. The number of nitrogens with zero attached hydrogens (tertiary/aromatic N) is 2. The van der Waals surface area contributed by atoms with Crippen LogP contribution in [0, 0.1) is 0 Å². The molecule has 4 rings (SSSR count). The Bertz CT molecular complexity index is 925. The summed E-state index contributed by atoms with van der Waals surface area (Å²) in [4.78, 5) is 4.07. The molecule has 1 N–H and O–H groups in total. The van der Waals surface area contributed by atoms with E-state index in [2.05, 4.69) is 40.0 Å². The maximum atomic E-state index is 9.43. The normalized spacial score (nSPS) is 10.9. The summed E-state index contributed by atoms with van der Waals surface area (Å²) < 4.78 is 2.15. The highest BCUT2D eigenvalue weighted by Crippen LogP contribution is 2.27. The first-order valence-electron chi connectivity index (χ1n) is 7.12. The van der Waals surface area contributed by atoms with Gasteiger partial charge in [-0.15, -0.1) is 0 Å². The van der Waals surface area contributed by atoms with Gasteiger partial charge in [0.15, 0.2) is 0 Å². The molecule has 0 bridgehead atoms. The SMILES string of the molecule is Oc1ccc(-c2ccc3ccn(-c4ccncc4)c3c2)cc1. The molecule has 0 fully saturated rings. The third-order valence-corrected chi connectivity index (χ3v) is 3.83. The zero-order chi connectivity index (χ0) is 14.9. The van der Waals surface area contributed by atoms with Gasteiger partial charge in [-0.3, -0.25) is 4.98 Å². The predicted molar refractivity (Wildman–Crippen MR) is 88.2 cm³/mol. The summed E-state index contributed by atoms with van der Waals surface area (Å²) in [5.41, 5.74) is 4.45. The lowest BCUT2D eigenvalue weighted by Crippen LogP contribution is -1.91. The molecule has 0 atom stereocenters. The minimum Gasteiger partial charge on any atom is -0.508 e. The van der Waals surface area contributed by atoms with Crippen LogP contribution in [0.25, 0.3) is 27.7 Å². The van der Waals surface area contributed by atoms with Gasteiger partial charge in [-0.1, -0.05) is 24.3 Å². The Labute approximate surface area is 128 Å². The van der Waals surface area contributed by atoms with Crippen LogP contribution in [0.15, 0.2) is 79.3 Å². The van der Waals surface area contributed by atoms with Crippen molar-refractivity contribution in [2.75, 3.05) is 0 Å². The van der Waals surface area contributed by atoms with Crippen LogP contribution in [0.5, 0.6) is 5.75 Å². The van der Waals surface area contributed by atoms with E-state index in [-0.39, 0.29) is 5.75 Å². The number of hydrogen-bond donors (Lipinski definition) is 1. The average Bonchev–Trinajstić information content (AvgIpc) is 2.99. The highest BCUT2D eigenvalue weighted by atomic mass is 16.3. The smallest absolute Gasteiger partial charge is 0.115 e. The molecular formula is C19H14N2O. The van der Waals surface area contributed by atoms with Gasteiger partial charge in [-0.25, -0.2) is 0 Å². The van der Waals surface area contributed by atoms with Crippen LogP contribution in [0.3, 0.4) is 0 Å². The molecule has 0 amide bonds. The lowest BCUT2D eigenvalue weighted by molar-refractivity contribution is 0.475. The minimum absolute atomic E-state index is 0.282. The monoisotopic (exact) mass is 286 g/mol. The van der Waals surface area contributed by atoms with Crippen LogP contribution in [0.1, 0.15) is 0 Å². The number of aromatic hydroxyl groups is 1. The van der Waals surface area contributed by atoms with E-state index >= 15 is 0 Å². The summed E-state index contributed by atoms with van der Waals surface area (Å²) in [7, 11) is 0. The fourth-order valence-corrected chi connectivity index (χ4v) is 2.69. The van der Waals surface area contributed by atoms with Gasteiger partial charge in [0.25, 0.3) is 0 Å². The molecule has 0 unspecified atom stereocenters. The van der Waals surface area contributed by atoms with Gasteiger partial charge < -0.3 is 9.67 Å². The lowest BCUT2D eigenvalue weighted by atomic mass is 10.0. The number of hydrogen-bond acceptors (Lipinski definition) is 2. The zero-order valence-electron chi connectivity index (χ0n) is 11.8. The fraction of sp³-hybridized carbons (Fsp3) is 0. The second-order valence-electron chi connectivity index (χ2n) is 5.21. The van der Waals surface area contributed by atoms with Gasteiger partial charge in [-0.2, -0.15) is 0 Å². The summed E-state index contributed by atoms with van der Waals surface area (Å²) >= 11 is 0. The zero-order valence-corrected chi connectivity index (χ0v) is 11.8.